The maximum absolute atomic E-state index is 13.1. The topological polar surface area (TPSA) is 76.0 Å². The van der Waals surface area contributed by atoms with Crippen LogP contribution in [0.5, 0.6) is 0 Å². The van der Waals surface area contributed by atoms with Crippen molar-refractivity contribution in [3.8, 4) is 0 Å². The van der Waals surface area contributed by atoms with Crippen molar-refractivity contribution in [3.05, 3.63) is 46.5 Å². The number of amides is 2. The molecule has 27 heavy (non-hydrogen) atoms. The van der Waals surface area contributed by atoms with Crippen LogP contribution in [0.1, 0.15) is 22.5 Å². The third-order valence-corrected chi connectivity index (χ3v) is 5.09. The number of nitrogens with zero attached hydrogens (tertiary/aromatic N) is 2. The van der Waals surface area contributed by atoms with Gasteiger partial charge in [0.1, 0.15) is 5.82 Å². The number of halogens is 3. The number of hydrogen-bond acceptors (Lipinski definition) is 4. The van der Waals surface area contributed by atoms with Crippen molar-refractivity contribution in [1.29, 1.82) is 0 Å². The van der Waals surface area contributed by atoms with Gasteiger partial charge in [-0.1, -0.05) is 11.6 Å². The van der Waals surface area contributed by atoms with E-state index in [9.17, 15) is 14.0 Å². The predicted molar refractivity (Wildman–Crippen MR) is 108 cm³/mol. The Hall–Kier alpha value is -1.77. The quantitative estimate of drug-likeness (QED) is 0.484. The number of hydrogen-bond donors (Lipinski definition) is 2. The average molecular weight is 433 g/mol. The maximum atomic E-state index is 13.1. The Bertz CT molecular complexity index is 816. The molecule has 0 atom stereocenters. The molecule has 146 valence electrons. The molecular weight excluding hydrogens is 414 g/mol. The van der Waals surface area contributed by atoms with Gasteiger partial charge in [0.25, 0.3) is 5.91 Å². The van der Waals surface area contributed by atoms with Crippen molar-refractivity contribution >= 4 is 52.6 Å². The van der Waals surface area contributed by atoms with Gasteiger partial charge < -0.3 is 10.6 Å². The van der Waals surface area contributed by atoms with Crippen molar-refractivity contribution in [2.45, 2.75) is 13.3 Å². The van der Waals surface area contributed by atoms with Crippen LogP contribution in [0.15, 0.2) is 24.4 Å². The SMILES string of the molecule is Cc1cn(C(=O)NCCSCCCCl)nc1C(=O)Nc1ccc(F)cc1Cl. The first-order valence-electron chi connectivity index (χ1n) is 8.17. The Labute approximate surface area is 170 Å². The second-order valence-corrected chi connectivity index (χ2v) is 7.58. The molecule has 0 aliphatic carbocycles. The minimum atomic E-state index is -0.538. The van der Waals surface area contributed by atoms with E-state index in [0.717, 1.165) is 28.7 Å². The standard InChI is InChI=1S/C17H19Cl2FN4O2S/c1-11-10-24(17(26)21-6-8-27-7-2-5-18)23-15(11)16(25)22-14-4-3-12(20)9-13(14)19/h3-4,9-10H,2,5-8H2,1H3,(H,21,26)(H,22,25). The monoisotopic (exact) mass is 432 g/mol. The lowest BCUT2D eigenvalue weighted by molar-refractivity contribution is 0.102. The first kappa shape index (κ1) is 21.5. The third kappa shape index (κ3) is 6.41. The second-order valence-electron chi connectivity index (χ2n) is 5.57. The first-order valence-corrected chi connectivity index (χ1v) is 10.2. The highest BCUT2D eigenvalue weighted by molar-refractivity contribution is 7.99. The molecule has 2 N–H and O–H groups in total. The number of anilines is 1. The summed E-state index contributed by atoms with van der Waals surface area (Å²) in [6.07, 6.45) is 2.40. The molecule has 0 bridgehead atoms. The van der Waals surface area contributed by atoms with Crippen molar-refractivity contribution in [3.63, 3.8) is 0 Å². The van der Waals surface area contributed by atoms with Crippen LogP contribution in [-0.4, -0.2) is 45.6 Å². The molecule has 1 aromatic heterocycles. The maximum Gasteiger partial charge on any atom is 0.342 e. The molecule has 0 aliphatic heterocycles. The van der Waals surface area contributed by atoms with E-state index in [1.165, 1.54) is 18.3 Å². The fraction of sp³-hybridized carbons (Fsp3) is 0.353. The fourth-order valence-electron chi connectivity index (χ4n) is 2.13. The van der Waals surface area contributed by atoms with Crippen LogP contribution >= 0.6 is 35.0 Å². The molecule has 2 rings (SSSR count). The van der Waals surface area contributed by atoms with Crippen LogP contribution in [0.3, 0.4) is 0 Å². The highest BCUT2D eigenvalue weighted by Gasteiger charge is 2.18. The lowest BCUT2D eigenvalue weighted by Gasteiger charge is -2.06. The Morgan fingerprint density at radius 3 is 2.81 bits per heavy atom. The van der Waals surface area contributed by atoms with E-state index in [1.807, 2.05) is 0 Å². The number of rotatable bonds is 8. The minimum Gasteiger partial charge on any atom is -0.335 e. The van der Waals surface area contributed by atoms with Gasteiger partial charge in [0.15, 0.2) is 5.69 Å². The van der Waals surface area contributed by atoms with Gasteiger partial charge in [-0.05, 0) is 37.3 Å². The highest BCUT2D eigenvalue weighted by atomic mass is 35.5. The van der Waals surface area contributed by atoms with Crippen molar-refractivity contribution < 1.29 is 14.0 Å². The van der Waals surface area contributed by atoms with Crippen LogP contribution in [0, 0.1) is 12.7 Å². The molecule has 0 radical (unpaired) electrons. The minimum absolute atomic E-state index is 0.0739. The number of aromatic nitrogens is 2. The fourth-order valence-corrected chi connectivity index (χ4v) is 3.44. The summed E-state index contributed by atoms with van der Waals surface area (Å²) < 4.78 is 14.2. The van der Waals surface area contributed by atoms with Crippen molar-refractivity contribution in [1.82, 2.24) is 15.1 Å². The second kappa shape index (κ2) is 10.5. The summed E-state index contributed by atoms with van der Waals surface area (Å²) in [5, 5.41) is 9.40. The summed E-state index contributed by atoms with van der Waals surface area (Å²) in [6.45, 7) is 2.15. The molecule has 0 saturated heterocycles. The van der Waals surface area contributed by atoms with Gasteiger partial charge in [-0.25, -0.2) is 9.18 Å². The van der Waals surface area contributed by atoms with E-state index >= 15 is 0 Å². The van der Waals surface area contributed by atoms with Gasteiger partial charge in [-0.15, -0.1) is 11.6 Å². The molecule has 1 heterocycles. The average Bonchev–Trinajstić information content (AvgIpc) is 3.02. The number of alkyl halides is 1. The number of aryl methyl sites for hydroxylation is 1. The van der Waals surface area contributed by atoms with Crippen LogP contribution in [-0.2, 0) is 0 Å². The molecule has 2 amide bonds. The molecule has 0 unspecified atom stereocenters. The lowest BCUT2D eigenvalue weighted by atomic mass is 10.2. The zero-order valence-electron chi connectivity index (χ0n) is 14.6. The first-order chi connectivity index (χ1) is 12.9. The van der Waals surface area contributed by atoms with Gasteiger partial charge >= 0.3 is 6.03 Å². The summed E-state index contributed by atoms with van der Waals surface area (Å²) in [5.74, 6) is 1.29. The molecular formula is C17H19Cl2FN4O2S. The van der Waals surface area contributed by atoms with Crippen molar-refractivity contribution in [2.75, 3.05) is 29.2 Å². The van der Waals surface area contributed by atoms with Crippen LogP contribution in [0.4, 0.5) is 14.9 Å². The predicted octanol–water partition coefficient (Wildman–Crippen LogP) is 4.16. The van der Waals surface area contributed by atoms with Gasteiger partial charge in [0.2, 0.25) is 0 Å². The zero-order chi connectivity index (χ0) is 19.8. The summed E-state index contributed by atoms with van der Waals surface area (Å²) in [5.41, 5.74) is 0.870. The van der Waals surface area contributed by atoms with E-state index in [2.05, 4.69) is 15.7 Å². The van der Waals surface area contributed by atoms with Gasteiger partial charge in [-0.3, -0.25) is 4.79 Å². The van der Waals surface area contributed by atoms with E-state index < -0.39 is 17.8 Å². The number of nitrogens with one attached hydrogen (secondary N) is 2. The van der Waals surface area contributed by atoms with Gasteiger partial charge in [0.05, 0.1) is 10.7 Å². The highest BCUT2D eigenvalue weighted by Crippen LogP contribution is 2.23. The Morgan fingerprint density at radius 2 is 2.11 bits per heavy atom. The largest absolute Gasteiger partial charge is 0.342 e. The van der Waals surface area contributed by atoms with E-state index in [1.54, 1.807) is 18.7 Å². The number of carbonyl (C=O) groups is 2. The smallest absolute Gasteiger partial charge is 0.335 e. The molecule has 1 aromatic carbocycles. The van der Waals surface area contributed by atoms with Gasteiger partial charge in [-0.2, -0.15) is 21.5 Å². The Balaban J connectivity index is 1.94. The van der Waals surface area contributed by atoms with Crippen LogP contribution < -0.4 is 10.6 Å². The van der Waals surface area contributed by atoms with E-state index in [-0.39, 0.29) is 16.4 Å². The van der Waals surface area contributed by atoms with E-state index in [4.69, 9.17) is 23.2 Å². The normalized spacial score (nSPS) is 10.7. The molecule has 0 spiro atoms. The van der Waals surface area contributed by atoms with Crippen LogP contribution in [0.25, 0.3) is 0 Å². The zero-order valence-corrected chi connectivity index (χ0v) is 16.9. The lowest BCUT2D eigenvalue weighted by Crippen LogP contribution is -2.31. The molecule has 0 fully saturated rings. The Kier molecular flexibility index (Phi) is 8.40. The van der Waals surface area contributed by atoms with Gasteiger partial charge in [0, 0.05) is 29.9 Å². The summed E-state index contributed by atoms with van der Waals surface area (Å²) in [6, 6.07) is 3.22. The molecule has 10 heteroatoms. The summed E-state index contributed by atoms with van der Waals surface area (Å²) >= 11 is 13.2. The molecule has 0 saturated carbocycles. The molecule has 0 aliphatic rings. The third-order valence-electron chi connectivity index (χ3n) is 3.44. The van der Waals surface area contributed by atoms with Crippen LogP contribution in [0.2, 0.25) is 5.02 Å². The van der Waals surface area contributed by atoms with E-state index in [0.29, 0.717) is 18.0 Å². The Morgan fingerprint density at radius 1 is 1.33 bits per heavy atom. The summed E-state index contributed by atoms with van der Waals surface area (Å²) in [4.78, 5) is 24.5. The summed E-state index contributed by atoms with van der Waals surface area (Å²) in [7, 11) is 0. The number of carbonyl (C=O) groups excluding carboxylic acids is 2. The van der Waals surface area contributed by atoms with Crippen molar-refractivity contribution in [2.24, 2.45) is 0 Å². The number of benzene rings is 1. The number of thioether (sulfide) groups is 1. The molecule has 2 aromatic rings. The molecule has 6 nitrogen and oxygen atoms in total.